The fourth-order valence-electron chi connectivity index (χ4n) is 1.91. The van der Waals surface area contributed by atoms with E-state index in [1.165, 1.54) is 17.5 Å². The second kappa shape index (κ2) is 8.71. The Morgan fingerprint density at radius 1 is 1.24 bits per heavy atom. The molecule has 1 nitrogen and oxygen atoms in total. The van der Waals surface area contributed by atoms with Gasteiger partial charge in [0.1, 0.15) is 0 Å². The number of alkyl halides is 1. The van der Waals surface area contributed by atoms with Gasteiger partial charge in [-0.25, -0.2) is 0 Å². The Morgan fingerprint density at radius 3 is 2.53 bits per heavy atom. The quantitative estimate of drug-likeness (QED) is 0.512. The van der Waals surface area contributed by atoms with E-state index < -0.39 is 0 Å². The molecule has 0 saturated carbocycles. The highest BCUT2D eigenvalue weighted by atomic mass is 79.9. The maximum atomic E-state index is 5.38. The number of hydrogen-bond acceptors (Lipinski definition) is 1. The zero-order valence-electron chi connectivity index (χ0n) is 10.9. The molecular weight excluding hydrogens is 276 g/mol. The molecule has 0 heterocycles. The number of aryl methyl sites for hydroxylation is 1. The van der Waals surface area contributed by atoms with Crippen LogP contribution in [-0.4, -0.2) is 18.5 Å². The largest absolute Gasteiger partial charge is 0.382 e. The molecule has 0 amide bonds. The average molecular weight is 299 g/mol. The van der Waals surface area contributed by atoms with Crippen LogP contribution in [0, 0.1) is 12.8 Å². The topological polar surface area (TPSA) is 9.23 Å². The first kappa shape index (κ1) is 14.7. The van der Waals surface area contributed by atoms with Gasteiger partial charge in [0.15, 0.2) is 0 Å². The first-order valence-corrected chi connectivity index (χ1v) is 7.57. The lowest BCUT2D eigenvalue weighted by Crippen LogP contribution is -2.08. The fraction of sp³-hybridized carbons (Fsp3) is 0.600. The summed E-state index contributed by atoms with van der Waals surface area (Å²) in [5, 5.41) is 1.08. The molecule has 0 aliphatic heterocycles. The standard InChI is InChI=1S/C15H23BrO/c1-3-17-10-4-5-15(12-16)11-14-8-6-13(2)7-9-14/h6-9,15H,3-5,10-12H2,1-2H3. The van der Waals surface area contributed by atoms with Gasteiger partial charge < -0.3 is 4.74 Å². The summed E-state index contributed by atoms with van der Waals surface area (Å²) >= 11 is 3.62. The predicted molar refractivity (Wildman–Crippen MR) is 77.9 cm³/mol. The number of benzene rings is 1. The van der Waals surface area contributed by atoms with Crippen molar-refractivity contribution in [2.75, 3.05) is 18.5 Å². The maximum absolute atomic E-state index is 5.38. The average Bonchev–Trinajstić information content (AvgIpc) is 2.35. The third-order valence-corrected chi connectivity index (χ3v) is 3.88. The fourth-order valence-corrected chi connectivity index (χ4v) is 2.46. The van der Waals surface area contributed by atoms with Crippen LogP contribution in [0.4, 0.5) is 0 Å². The number of rotatable bonds is 8. The molecule has 17 heavy (non-hydrogen) atoms. The Balaban J connectivity index is 2.33. The Hall–Kier alpha value is -0.340. The van der Waals surface area contributed by atoms with Crippen molar-refractivity contribution in [1.29, 1.82) is 0 Å². The molecule has 1 unspecified atom stereocenters. The molecule has 1 aromatic rings. The molecule has 0 spiro atoms. The van der Waals surface area contributed by atoms with Crippen LogP contribution < -0.4 is 0 Å². The van der Waals surface area contributed by atoms with Crippen LogP contribution in [0.15, 0.2) is 24.3 Å². The first-order chi connectivity index (χ1) is 8.26. The normalized spacial score (nSPS) is 12.6. The highest BCUT2D eigenvalue weighted by molar-refractivity contribution is 9.09. The van der Waals surface area contributed by atoms with E-state index in [4.69, 9.17) is 4.74 Å². The van der Waals surface area contributed by atoms with Crippen LogP contribution >= 0.6 is 15.9 Å². The van der Waals surface area contributed by atoms with Crippen molar-refractivity contribution in [2.24, 2.45) is 5.92 Å². The summed E-state index contributed by atoms with van der Waals surface area (Å²) in [6.07, 6.45) is 3.56. The van der Waals surface area contributed by atoms with Gasteiger partial charge in [-0.2, -0.15) is 0 Å². The van der Waals surface area contributed by atoms with E-state index in [-0.39, 0.29) is 0 Å². The molecule has 0 fully saturated rings. The van der Waals surface area contributed by atoms with Crippen molar-refractivity contribution in [3.05, 3.63) is 35.4 Å². The van der Waals surface area contributed by atoms with Crippen molar-refractivity contribution in [1.82, 2.24) is 0 Å². The van der Waals surface area contributed by atoms with E-state index in [0.29, 0.717) is 0 Å². The van der Waals surface area contributed by atoms with E-state index in [0.717, 1.165) is 37.3 Å². The highest BCUT2D eigenvalue weighted by Crippen LogP contribution is 2.17. The summed E-state index contributed by atoms with van der Waals surface area (Å²) in [4.78, 5) is 0. The van der Waals surface area contributed by atoms with Gasteiger partial charge in [-0.3, -0.25) is 0 Å². The van der Waals surface area contributed by atoms with E-state index >= 15 is 0 Å². The van der Waals surface area contributed by atoms with Gasteiger partial charge in [0.25, 0.3) is 0 Å². The molecule has 0 radical (unpaired) electrons. The van der Waals surface area contributed by atoms with Gasteiger partial charge in [-0.05, 0) is 44.6 Å². The molecule has 1 aromatic carbocycles. The molecule has 1 rings (SSSR count). The molecule has 0 aliphatic rings. The minimum Gasteiger partial charge on any atom is -0.382 e. The van der Waals surface area contributed by atoms with Crippen LogP contribution in [-0.2, 0) is 11.2 Å². The SMILES string of the molecule is CCOCCCC(CBr)Cc1ccc(C)cc1. The van der Waals surface area contributed by atoms with E-state index in [9.17, 15) is 0 Å². The summed E-state index contributed by atoms with van der Waals surface area (Å²) in [6, 6.07) is 8.88. The molecular formula is C15H23BrO. The van der Waals surface area contributed by atoms with Crippen molar-refractivity contribution in [3.63, 3.8) is 0 Å². The van der Waals surface area contributed by atoms with Crippen LogP contribution in [0.2, 0.25) is 0 Å². The lowest BCUT2D eigenvalue weighted by Gasteiger charge is -2.14. The van der Waals surface area contributed by atoms with Crippen LogP contribution in [0.5, 0.6) is 0 Å². The minimum absolute atomic E-state index is 0.721. The molecule has 0 aromatic heterocycles. The molecule has 2 heteroatoms. The summed E-state index contributed by atoms with van der Waals surface area (Å²) in [5.41, 5.74) is 2.77. The Kier molecular flexibility index (Phi) is 7.54. The number of halogens is 1. The molecule has 96 valence electrons. The van der Waals surface area contributed by atoms with Crippen molar-refractivity contribution >= 4 is 15.9 Å². The van der Waals surface area contributed by atoms with Crippen LogP contribution in [0.25, 0.3) is 0 Å². The van der Waals surface area contributed by atoms with Crippen molar-refractivity contribution in [3.8, 4) is 0 Å². The Bertz CT molecular complexity index is 294. The lowest BCUT2D eigenvalue weighted by molar-refractivity contribution is 0.140. The van der Waals surface area contributed by atoms with E-state index in [2.05, 4.69) is 47.1 Å². The molecule has 0 saturated heterocycles. The first-order valence-electron chi connectivity index (χ1n) is 6.45. The monoisotopic (exact) mass is 298 g/mol. The van der Waals surface area contributed by atoms with Gasteiger partial charge in [0.2, 0.25) is 0 Å². The predicted octanol–water partition coefficient (Wildman–Crippen LogP) is 4.37. The third-order valence-electron chi connectivity index (χ3n) is 2.97. The number of hydrogen-bond donors (Lipinski definition) is 0. The smallest absolute Gasteiger partial charge is 0.0466 e. The zero-order chi connectivity index (χ0) is 12.5. The van der Waals surface area contributed by atoms with Gasteiger partial charge >= 0.3 is 0 Å². The molecule has 0 bridgehead atoms. The molecule has 0 aliphatic carbocycles. The number of ether oxygens (including phenoxy) is 1. The Labute approximate surface area is 114 Å². The third kappa shape index (κ3) is 6.23. The van der Waals surface area contributed by atoms with Crippen LogP contribution in [0.3, 0.4) is 0 Å². The minimum atomic E-state index is 0.721. The summed E-state index contributed by atoms with van der Waals surface area (Å²) in [5.74, 6) is 0.721. The van der Waals surface area contributed by atoms with Gasteiger partial charge in [-0.1, -0.05) is 45.8 Å². The summed E-state index contributed by atoms with van der Waals surface area (Å²) < 4.78 is 5.38. The van der Waals surface area contributed by atoms with Gasteiger partial charge in [-0.15, -0.1) is 0 Å². The van der Waals surface area contributed by atoms with Crippen molar-refractivity contribution in [2.45, 2.75) is 33.1 Å². The zero-order valence-corrected chi connectivity index (χ0v) is 12.5. The van der Waals surface area contributed by atoms with Crippen molar-refractivity contribution < 1.29 is 4.74 Å². The summed E-state index contributed by atoms with van der Waals surface area (Å²) in [6.45, 7) is 5.91. The summed E-state index contributed by atoms with van der Waals surface area (Å²) in [7, 11) is 0. The van der Waals surface area contributed by atoms with Gasteiger partial charge in [0.05, 0.1) is 0 Å². The lowest BCUT2D eigenvalue weighted by atomic mass is 9.96. The van der Waals surface area contributed by atoms with Crippen LogP contribution in [0.1, 0.15) is 30.9 Å². The Morgan fingerprint density at radius 2 is 1.94 bits per heavy atom. The second-order valence-electron chi connectivity index (χ2n) is 4.55. The molecule has 0 N–H and O–H groups in total. The molecule has 1 atom stereocenters. The highest BCUT2D eigenvalue weighted by Gasteiger charge is 2.08. The maximum Gasteiger partial charge on any atom is 0.0466 e. The van der Waals surface area contributed by atoms with E-state index in [1.54, 1.807) is 0 Å². The van der Waals surface area contributed by atoms with Gasteiger partial charge in [0, 0.05) is 18.5 Å². The van der Waals surface area contributed by atoms with E-state index in [1.807, 2.05) is 6.92 Å². The second-order valence-corrected chi connectivity index (χ2v) is 5.20.